The van der Waals surface area contributed by atoms with Crippen LogP contribution in [0.4, 0.5) is 0 Å². The largest absolute Gasteiger partial charge is 0.350 e. The fourth-order valence-corrected chi connectivity index (χ4v) is 3.01. The molecule has 3 N–H and O–H groups in total. The summed E-state index contributed by atoms with van der Waals surface area (Å²) in [6.07, 6.45) is 4.11. The minimum atomic E-state index is -3.80. The van der Waals surface area contributed by atoms with Gasteiger partial charge in [0.05, 0.1) is 4.90 Å². The number of sulfonamides is 1. The fourth-order valence-electron chi connectivity index (χ4n) is 2.47. The topological polar surface area (TPSA) is 89.3 Å². The van der Waals surface area contributed by atoms with Crippen molar-refractivity contribution < 1.29 is 13.2 Å². The predicted octanol–water partition coefficient (Wildman–Crippen LogP) is 1.81. The number of hydrogen-bond donors (Lipinski definition) is 2. The molecule has 1 aliphatic carbocycles. The second kappa shape index (κ2) is 6.15. The Labute approximate surface area is 126 Å². The second-order valence-electron chi connectivity index (χ2n) is 5.77. The molecule has 0 heterocycles. The minimum absolute atomic E-state index is 0.0281. The molecule has 0 spiro atoms. The van der Waals surface area contributed by atoms with Gasteiger partial charge >= 0.3 is 0 Å². The smallest absolute Gasteiger partial charge is 0.251 e. The molecule has 116 valence electrons. The molecule has 1 saturated carbocycles. The minimum Gasteiger partial charge on any atom is -0.350 e. The molecular formula is C15H22N2O3S. The third kappa shape index (κ3) is 4.28. The van der Waals surface area contributed by atoms with Gasteiger partial charge in [-0.1, -0.05) is 25.8 Å². The molecule has 0 aliphatic heterocycles. The lowest BCUT2D eigenvalue weighted by Gasteiger charge is -2.15. The summed E-state index contributed by atoms with van der Waals surface area (Å²) in [6.45, 7) is 3.90. The lowest BCUT2D eigenvalue weighted by Crippen LogP contribution is -2.33. The number of amides is 1. The van der Waals surface area contributed by atoms with Gasteiger partial charge in [0.25, 0.3) is 5.91 Å². The Morgan fingerprint density at radius 1 is 1.43 bits per heavy atom. The van der Waals surface area contributed by atoms with Crippen molar-refractivity contribution in [1.82, 2.24) is 5.32 Å². The van der Waals surface area contributed by atoms with Gasteiger partial charge in [0.2, 0.25) is 10.0 Å². The van der Waals surface area contributed by atoms with Crippen molar-refractivity contribution >= 4 is 15.9 Å². The van der Waals surface area contributed by atoms with E-state index in [1.54, 1.807) is 6.07 Å². The van der Waals surface area contributed by atoms with Crippen LogP contribution in [0.2, 0.25) is 0 Å². The number of carbonyl (C=O) groups is 1. The van der Waals surface area contributed by atoms with Gasteiger partial charge in [-0.25, -0.2) is 13.6 Å². The molecule has 1 aliphatic rings. The Hall–Kier alpha value is -1.40. The molecule has 1 unspecified atom stereocenters. The molecule has 0 bridgehead atoms. The van der Waals surface area contributed by atoms with Crippen LogP contribution in [-0.4, -0.2) is 20.4 Å². The van der Waals surface area contributed by atoms with Crippen molar-refractivity contribution in [3.05, 3.63) is 29.3 Å². The van der Waals surface area contributed by atoms with Crippen molar-refractivity contribution in [3.63, 3.8) is 0 Å². The van der Waals surface area contributed by atoms with Gasteiger partial charge in [-0.05, 0) is 43.4 Å². The number of nitrogens with one attached hydrogen (secondary N) is 1. The van der Waals surface area contributed by atoms with Gasteiger partial charge in [-0.3, -0.25) is 4.79 Å². The summed E-state index contributed by atoms with van der Waals surface area (Å²) in [5.41, 5.74) is 1.21. The molecule has 2 rings (SSSR count). The van der Waals surface area contributed by atoms with E-state index in [2.05, 4.69) is 5.32 Å². The van der Waals surface area contributed by atoms with Crippen LogP contribution in [0.3, 0.4) is 0 Å². The number of hydrogen-bond acceptors (Lipinski definition) is 3. The summed E-state index contributed by atoms with van der Waals surface area (Å²) in [5, 5.41) is 8.08. The SMILES string of the molecule is CCc1ccc(S(N)(=O)=O)cc1C(=O)NC(C)CC1CC1. The van der Waals surface area contributed by atoms with Crippen molar-refractivity contribution in [2.45, 2.75) is 50.5 Å². The normalized spacial score (nSPS) is 16.5. The highest BCUT2D eigenvalue weighted by Crippen LogP contribution is 2.33. The zero-order valence-electron chi connectivity index (χ0n) is 12.4. The average molecular weight is 310 g/mol. The molecule has 0 aromatic heterocycles. The summed E-state index contributed by atoms with van der Waals surface area (Å²) in [5.74, 6) is 0.493. The maximum atomic E-state index is 12.4. The van der Waals surface area contributed by atoms with Crippen LogP contribution >= 0.6 is 0 Å². The predicted molar refractivity (Wildman–Crippen MR) is 81.5 cm³/mol. The maximum absolute atomic E-state index is 12.4. The molecule has 0 radical (unpaired) electrons. The van der Waals surface area contributed by atoms with Crippen molar-refractivity contribution in [2.75, 3.05) is 0 Å². The number of aryl methyl sites for hydroxylation is 1. The zero-order valence-corrected chi connectivity index (χ0v) is 13.2. The molecule has 0 saturated heterocycles. The van der Waals surface area contributed by atoms with Crippen LogP contribution in [0, 0.1) is 5.92 Å². The number of primary sulfonamides is 1. The Bertz CT molecular complexity index is 636. The zero-order chi connectivity index (χ0) is 15.6. The fraction of sp³-hybridized carbons (Fsp3) is 0.533. The standard InChI is InChI=1S/C15H22N2O3S/c1-3-12-6-7-13(21(16,19)20)9-14(12)15(18)17-10(2)8-11-4-5-11/h6-7,9-11H,3-5,8H2,1-2H3,(H,17,18)(H2,16,19,20). The Morgan fingerprint density at radius 3 is 2.62 bits per heavy atom. The van der Waals surface area contributed by atoms with Gasteiger partial charge in [0.15, 0.2) is 0 Å². The van der Waals surface area contributed by atoms with E-state index < -0.39 is 10.0 Å². The monoisotopic (exact) mass is 310 g/mol. The van der Waals surface area contributed by atoms with E-state index in [1.165, 1.54) is 25.0 Å². The Balaban J connectivity index is 2.20. The van der Waals surface area contributed by atoms with E-state index in [0.29, 0.717) is 12.0 Å². The van der Waals surface area contributed by atoms with E-state index >= 15 is 0 Å². The van der Waals surface area contributed by atoms with Crippen LogP contribution < -0.4 is 10.5 Å². The van der Waals surface area contributed by atoms with Crippen LogP contribution in [-0.2, 0) is 16.4 Å². The lowest BCUT2D eigenvalue weighted by molar-refractivity contribution is 0.0936. The van der Waals surface area contributed by atoms with Crippen molar-refractivity contribution in [2.24, 2.45) is 11.1 Å². The van der Waals surface area contributed by atoms with Crippen LogP contribution in [0.25, 0.3) is 0 Å². The summed E-state index contributed by atoms with van der Waals surface area (Å²) >= 11 is 0. The van der Waals surface area contributed by atoms with E-state index in [0.717, 1.165) is 17.9 Å². The second-order valence-corrected chi connectivity index (χ2v) is 7.33. The third-order valence-electron chi connectivity index (χ3n) is 3.80. The summed E-state index contributed by atoms with van der Waals surface area (Å²) in [4.78, 5) is 12.3. The van der Waals surface area contributed by atoms with Gasteiger partial charge in [0.1, 0.15) is 0 Å². The summed E-state index contributed by atoms with van der Waals surface area (Å²) < 4.78 is 22.9. The van der Waals surface area contributed by atoms with Gasteiger partial charge < -0.3 is 5.32 Å². The quantitative estimate of drug-likeness (QED) is 0.840. The van der Waals surface area contributed by atoms with E-state index in [4.69, 9.17) is 5.14 Å². The van der Waals surface area contributed by atoms with E-state index in [9.17, 15) is 13.2 Å². The van der Waals surface area contributed by atoms with Gasteiger partial charge in [0, 0.05) is 11.6 Å². The van der Waals surface area contributed by atoms with E-state index in [-0.39, 0.29) is 16.8 Å². The first-order chi connectivity index (χ1) is 9.81. The van der Waals surface area contributed by atoms with E-state index in [1.807, 2.05) is 13.8 Å². The Kier molecular flexibility index (Phi) is 4.68. The average Bonchev–Trinajstić information content (AvgIpc) is 3.20. The molecule has 1 atom stereocenters. The summed E-state index contributed by atoms with van der Waals surface area (Å²) in [7, 11) is -3.80. The molecule has 1 aromatic rings. The van der Waals surface area contributed by atoms with Crippen molar-refractivity contribution in [1.29, 1.82) is 0 Å². The Morgan fingerprint density at radius 2 is 2.10 bits per heavy atom. The molecule has 1 fully saturated rings. The third-order valence-corrected chi connectivity index (χ3v) is 4.71. The van der Waals surface area contributed by atoms with Gasteiger partial charge in [-0.15, -0.1) is 0 Å². The van der Waals surface area contributed by atoms with Crippen molar-refractivity contribution in [3.8, 4) is 0 Å². The van der Waals surface area contributed by atoms with Crippen LogP contribution in [0.15, 0.2) is 23.1 Å². The molecule has 21 heavy (non-hydrogen) atoms. The van der Waals surface area contributed by atoms with Crippen LogP contribution in [0.1, 0.15) is 49.0 Å². The molecule has 6 heteroatoms. The number of benzene rings is 1. The first kappa shape index (κ1) is 16.0. The summed E-state index contributed by atoms with van der Waals surface area (Å²) in [6, 6.07) is 4.56. The highest BCUT2D eigenvalue weighted by atomic mass is 32.2. The molecule has 1 amide bonds. The highest BCUT2D eigenvalue weighted by Gasteiger charge is 2.25. The molecular weight excluding hydrogens is 288 g/mol. The van der Waals surface area contributed by atoms with Crippen LogP contribution in [0.5, 0.6) is 0 Å². The first-order valence-electron chi connectivity index (χ1n) is 7.27. The highest BCUT2D eigenvalue weighted by molar-refractivity contribution is 7.89. The lowest BCUT2D eigenvalue weighted by atomic mass is 10.0. The van der Waals surface area contributed by atoms with Gasteiger partial charge in [-0.2, -0.15) is 0 Å². The molecule has 1 aromatic carbocycles. The molecule has 5 nitrogen and oxygen atoms in total. The number of carbonyl (C=O) groups excluding carboxylic acids is 1. The first-order valence-corrected chi connectivity index (χ1v) is 8.82. The number of rotatable bonds is 6. The number of nitrogens with two attached hydrogens (primary N) is 1. The maximum Gasteiger partial charge on any atom is 0.251 e.